The molecule has 1 amide bonds. The molecular formula is C14H18ClNO2. The van der Waals surface area contributed by atoms with Crippen molar-refractivity contribution in [1.29, 1.82) is 0 Å². The first-order valence-corrected chi connectivity index (χ1v) is 6.62. The number of methoxy groups -OCH3 is 1. The van der Waals surface area contributed by atoms with Gasteiger partial charge in [0.15, 0.2) is 0 Å². The Kier molecular flexibility index (Phi) is 4.12. The largest absolute Gasteiger partial charge is 0.496 e. The van der Waals surface area contributed by atoms with Crippen molar-refractivity contribution in [3.8, 4) is 5.75 Å². The van der Waals surface area contributed by atoms with E-state index in [1.165, 1.54) is 12.8 Å². The van der Waals surface area contributed by atoms with E-state index in [0.717, 1.165) is 11.3 Å². The Morgan fingerprint density at radius 1 is 1.56 bits per heavy atom. The Labute approximate surface area is 112 Å². The Morgan fingerprint density at radius 3 is 2.89 bits per heavy atom. The molecule has 0 saturated heterocycles. The molecule has 18 heavy (non-hydrogen) atoms. The molecule has 0 heterocycles. The minimum atomic E-state index is -0.0976. The van der Waals surface area contributed by atoms with Crippen LogP contribution in [0.4, 0.5) is 0 Å². The summed E-state index contributed by atoms with van der Waals surface area (Å²) in [6, 6.07) is 5.44. The molecule has 1 saturated carbocycles. The van der Waals surface area contributed by atoms with Crippen LogP contribution in [0.15, 0.2) is 18.2 Å². The molecule has 0 bridgehead atoms. The molecule has 1 fully saturated rings. The standard InChI is InChI=1S/C14H18ClNO2/c1-9-3-4-11(7-13(9)18-2)14(17)16-8-12(15)10-5-6-10/h3-4,7,10,12H,5-6,8H2,1-2H3,(H,16,17). The SMILES string of the molecule is COc1cc(C(=O)NCC(Cl)C2CC2)ccc1C. The van der Waals surface area contributed by atoms with Crippen LogP contribution in [0.1, 0.15) is 28.8 Å². The van der Waals surface area contributed by atoms with Gasteiger partial charge in [-0.05, 0) is 43.4 Å². The van der Waals surface area contributed by atoms with Gasteiger partial charge in [-0.2, -0.15) is 0 Å². The minimum Gasteiger partial charge on any atom is -0.496 e. The summed E-state index contributed by atoms with van der Waals surface area (Å²) in [6.45, 7) is 2.48. The molecule has 0 radical (unpaired) electrons. The fourth-order valence-corrected chi connectivity index (χ4v) is 2.21. The summed E-state index contributed by atoms with van der Waals surface area (Å²) < 4.78 is 5.20. The summed E-state index contributed by atoms with van der Waals surface area (Å²) in [7, 11) is 1.60. The molecular weight excluding hydrogens is 250 g/mol. The fourth-order valence-electron chi connectivity index (χ4n) is 1.88. The van der Waals surface area contributed by atoms with Crippen LogP contribution in [0.3, 0.4) is 0 Å². The third kappa shape index (κ3) is 3.16. The molecule has 1 unspecified atom stereocenters. The van der Waals surface area contributed by atoms with Crippen LogP contribution in [0.25, 0.3) is 0 Å². The quantitative estimate of drug-likeness (QED) is 0.833. The highest BCUT2D eigenvalue weighted by molar-refractivity contribution is 6.21. The Morgan fingerprint density at radius 2 is 2.28 bits per heavy atom. The van der Waals surface area contributed by atoms with Crippen molar-refractivity contribution >= 4 is 17.5 Å². The van der Waals surface area contributed by atoms with Crippen molar-refractivity contribution in [3.63, 3.8) is 0 Å². The molecule has 98 valence electrons. The molecule has 4 heteroatoms. The number of nitrogens with one attached hydrogen (secondary N) is 1. The predicted molar refractivity (Wildman–Crippen MR) is 72.4 cm³/mol. The molecule has 1 atom stereocenters. The van der Waals surface area contributed by atoms with Crippen molar-refractivity contribution in [2.45, 2.75) is 25.1 Å². The van der Waals surface area contributed by atoms with Gasteiger partial charge < -0.3 is 10.1 Å². The summed E-state index contributed by atoms with van der Waals surface area (Å²) in [4.78, 5) is 11.9. The number of carbonyl (C=O) groups excluding carboxylic acids is 1. The van der Waals surface area contributed by atoms with Crippen molar-refractivity contribution in [1.82, 2.24) is 5.32 Å². The summed E-state index contributed by atoms with van der Waals surface area (Å²) in [5.74, 6) is 1.21. The van der Waals surface area contributed by atoms with Crippen LogP contribution in [-0.2, 0) is 0 Å². The summed E-state index contributed by atoms with van der Waals surface area (Å²) in [5, 5.41) is 2.92. The minimum absolute atomic E-state index is 0.0568. The molecule has 0 aromatic heterocycles. The molecule has 1 aliphatic carbocycles. The normalized spacial score (nSPS) is 16.2. The second-order valence-electron chi connectivity index (χ2n) is 4.75. The lowest BCUT2D eigenvalue weighted by molar-refractivity contribution is 0.0952. The van der Waals surface area contributed by atoms with Crippen LogP contribution in [0, 0.1) is 12.8 Å². The van der Waals surface area contributed by atoms with Gasteiger partial charge in [-0.3, -0.25) is 4.79 Å². The molecule has 2 rings (SSSR count). The van der Waals surface area contributed by atoms with Gasteiger partial charge in [-0.1, -0.05) is 6.07 Å². The highest BCUT2D eigenvalue weighted by Gasteiger charge is 2.29. The van der Waals surface area contributed by atoms with Crippen LogP contribution in [0.2, 0.25) is 0 Å². The van der Waals surface area contributed by atoms with Crippen LogP contribution >= 0.6 is 11.6 Å². The molecule has 0 spiro atoms. The molecule has 1 aromatic carbocycles. The lowest BCUT2D eigenvalue weighted by atomic mass is 10.1. The highest BCUT2D eigenvalue weighted by atomic mass is 35.5. The number of halogens is 1. The molecule has 3 nitrogen and oxygen atoms in total. The van der Waals surface area contributed by atoms with Gasteiger partial charge in [-0.15, -0.1) is 11.6 Å². The molecule has 1 aliphatic rings. The molecule has 1 N–H and O–H groups in total. The van der Waals surface area contributed by atoms with Crippen molar-refractivity contribution in [2.75, 3.05) is 13.7 Å². The lowest BCUT2D eigenvalue weighted by Crippen LogP contribution is -2.30. The van der Waals surface area contributed by atoms with Crippen LogP contribution in [-0.4, -0.2) is 24.9 Å². The number of hydrogen-bond acceptors (Lipinski definition) is 2. The molecule has 1 aromatic rings. The van der Waals surface area contributed by atoms with E-state index in [1.807, 2.05) is 13.0 Å². The van der Waals surface area contributed by atoms with Gasteiger partial charge in [0.25, 0.3) is 5.91 Å². The van der Waals surface area contributed by atoms with Crippen molar-refractivity contribution in [2.24, 2.45) is 5.92 Å². The van der Waals surface area contributed by atoms with E-state index in [2.05, 4.69) is 5.32 Å². The van der Waals surface area contributed by atoms with E-state index in [9.17, 15) is 4.79 Å². The topological polar surface area (TPSA) is 38.3 Å². The van der Waals surface area contributed by atoms with Crippen molar-refractivity contribution in [3.05, 3.63) is 29.3 Å². The maximum atomic E-state index is 11.9. The van der Waals surface area contributed by atoms with E-state index >= 15 is 0 Å². The number of benzene rings is 1. The second kappa shape index (κ2) is 5.61. The maximum Gasteiger partial charge on any atom is 0.251 e. The predicted octanol–water partition coefficient (Wildman–Crippen LogP) is 2.75. The van der Waals surface area contributed by atoms with E-state index in [0.29, 0.717) is 18.0 Å². The zero-order chi connectivity index (χ0) is 13.1. The van der Waals surface area contributed by atoms with E-state index < -0.39 is 0 Å². The zero-order valence-electron chi connectivity index (χ0n) is 10.7. The lowest BCUT2D eigenvalue weighted by Gasteiger charge is -2.11. The zero-order valence-corrected chi connectivity index (χ0v) is 11.5. The average Bonchev–Trinajstić information content (AvgIpc) is 3.20. The monoisotopic (exact) mass is 267 g/mol. The Hall–Kier alpha value is -1.22. The number of rotatable bonds is 5. The average molecular weight is 268 g/mol. The first kappa shape index (κ1) is 13.2. The van der Waals surface area contributed by atoms with E-state index in [4.69, 9.17) is 16.3 Å². The van der Waals surface area contributed by atoms with Gasteiger partial charge in [0, 0.05) is 12.1 Å². The van der Waals surface area contributed by atoms with Gasteiger partial charge in [0.05, 0.1) is 12.5 Å². The fraction of sp³-hybridized carbons (Fsp3) is 0.500. The number of amides is 1. The van der Waals surface area contributed by atoms with Gasteiger partial charge in [-0.25, -0.2) is 0 Å². The number of alkyl halides is 1. The van der Waals surface area contributed by atoms with Gasteiger partial charge in [0.1, 0.15) is 5.75 Å². The number of carbonyl (C=O) groups is 1. The smallest absolute Gasteiger partial charge is 0.251 e. The summed E-state index contributed by atoms with van der Waals surface area (Å²) in [5.41, 5.74) is 1.62. The Bertz CT molecular complexity index is 443. The maximum absolute atomic E-state index is 11.9. The summed E-state index contributed by atoms with van der Waals surface area (Å²) in [6.07, 6.45) is 2.37. The first-order chi connectivity index (χ1) is 8.61. The highest BCUT2D eigenvalue weighted by Crippen LogP contribution is 2.35. The third-order valence-electron chi connectivity index (χ3n) is 3.26. The number of hydrogen-bond donors (Lipinski definition) is 1. The molecule has 0 aliphatic heterocycles. The van der Waals surface area contributed by atoms with E-state index in [-0.39, 0.29) is 11.3 Å². The van der Waals surface area contributed by atoms with E-state index in [1.54, 1.807) is 19.2 Å². The number of aryl methyl sites for hydroxylation is 1. The van der Waals surface area contributed by atoms with Gasteiger partial charge >= 0.3 is 0 Å². The third-order valence-corrected chi connectivity index (χ3v) is 3.77. The Balaban J connectivity index is 1.95. The van der Waals surface area contributed by atoms with Crippen molar-refractivity contribution < 1.29 is 9.53 Å². The number of ether oxygens (including phenoxy) is 1. The van der Waals surface area contributed by atoms with Gasteiger partial charge in [0.2, 0.25) is 0 Å². The second-order valence-corrected chi connectivity index (χ2v) is 5.31. The van der Waals surface area contributed by atoms with Crippen LogP contribution < -0.4 is 10.1 Å². The summed E-state index contributed by atoms with van der Waals surface area (Å²) >= 11 is 6.15. The van der Waals surface area contributed by atoms with Crippen LogP contribution in [0.5, 0.6) is 5.75 Å². The first-order valence-electron chi connectivity index (χ1n) is 6.18.